The number of carbonyl (C=O) groups is 1. The largest absolute Gasteiger partial charge is 0.497 e. The summed E-state index contributed by atoms with van der Waals surface area (Å²) in [6.07, 6.45) is 0. The number of anilines is 1. The van der Waals surface area contributed by atoms with Gasteiger partial charge in [0.05, 0.1) is 19.6 Å². The molecule has 6 nitrogen and oxygen atoms in total. The highest BCUT2D eigenvalue weighted by Crippen LogP contribution is 2.26. The molecule has 0 saturated carbocycles. The maximum Gasteiger partial charge on any atom is 0.255 e. The van der Waals surface area contributed by atoms with E-state index in [9.17, 15) is 9.59 Å². The van der Waals surface area contributed by atoms with Crippen LogP contribution in [0.4, 0.5) is 5.69 Å². The molecule has 4 rings (SSSR count). The maximum absolute atomic E-state index is 12.7. The van der Waals surface area contributed by atoms with Gasteiger partial charge in [-0.3, -0.25) is 9.59 Å². The smallest absolute Gasteiger partial charge is 0.255 e. The Morgan fingerprint density at radius 1 is 0.903 bits per heavy atom. The van der Waals surface area contributed by atoms with Crippen molar-refractivity contribution in [3.8, 4) is 22.8 Å². The zero-order valence-corrected chi connectivity index (χ0v) is 17.5. The molecule has 156 valence electrons. The van der Waals surface area contributed by atoms with Crippen LogP contribution in [0.3, 0.4) is 0 Å². The van der Waals surface area contributed by atoms with Gasteiger partial charge in [-0.05, 0) is 54.6 Å². The standard InChI is InChI=1S/C24H18ClNO5/c1-29-18-9-15(10-19(12-18)30-2)24(28)26-17-7-8-22-20(11-17)21(27)13-23(31-22)14-3-5-16(25)6-4-14/h3-13H,1-2H3,(H,26,28). The molecule has 0 unspecified atom stereocenters. The highest BCUT2D eigenvalue weighted by molar-refractivity contribution is 6.30. The minimum atomic E-state index is -0.362. The molecule has 0 radical (unpaired) electrons. The molecule has 0 aliphatic heterocycles. The van der Waals surface area contributed by atoms with E-state index in [0.29, 0.717) is 44.5 Å². The molecular formula is C24H18ClNO5. The summed E-state index contributed by atoms with van der Waals surface area (Å²) >= 11 is 5.92. The Morgan fingerprint density at radius 2 is 1.58 bits per heavy atom. The lowest BCUT2D eigenvalue weighted by Crippen LogP contribution is -2.12. The molecule has 7 heteroatoms. The number of carbonyl (C=O) groups excluding carboxylic acids is 1. The lowest BCUT2D eigenvalue weighted by atomic mass is 10.1. The Morgan fingerprint density at radius 3 is 2.23 bits per heavy atom. The molecular weight excluding hydrogens is 418 g/mol. The van der Waals surface area contributed by atoms with Gasteiger partial charge in [0, 0.05) is 34.0 Å². The minimum Gasteiger partial charge on any atom is -0.497 e. The van der Waals surface area contributed by atoms with E-state index in [-0.39, 0.29) is 11.3 Å². The molecule has 3 aromatic carbocycles. The summed E-state index contributed by atoms with van der Waals surface area (Å²) in [4.78, 5) is 25.4. The molecule has 0 atom stereocenters. The topological polar surface area (TPSA) is 77.8 Å². The van der Waals surface area contributed by atoms with Crippen LogP contribution in [0.25, 0.3) is 22.3 Å². The highest BCUT2D eigenvalue weighted by Gasteiger charge is 2.12. The molecule has 0 bridgehead atoms. The van der Waals surface area contributed by atoms with E-state index in [1.165, 1.54) is 20.3 Å². The van der Waals surface area contributed by atoms with Crippen LogP contribution in [0.1, 0.15) is 10.4 Å². The first-order valence-electron chi connectivity index (χ1n) is 9.35. The molecule has 31 heavy (non-hydrogen) atoms. The fourth-order valence-corrected chi connectivity index (χ4v) is 3.26. The van der Waals surface area contributed by atoms with Crippen molar-refractivity contribution in [3.05, 3.63) is 87.5 Å². The summed E-state index contributed by atoms with van der Waals surface area (Å²) < 4.78 is 16.3. The summed E-state index contributed by atoms with van der Waals surface area (Å²) in [5.74, 6) is 1.07. The number of hydrogen-bond acceptors (Lipinski definition) is 5. The van der Waals surface area contributed by atoms with E-state index >= 15 is 0 Å². The number of ether oxygens (including phenoxy) is 2. The van der Waals surface area contributed by atoms with Gasteiger partial charge in [-0.2, -0.15) is 0 Å². The van der Waals surface area contributed by atoms with Crippen LogP contribution >= 0.6 is 11.6 Å². The molecule has 1 amide bonds. The molecule has 1 N–H and O–H groups in total. The molecule has 4 aromatic rings. The molecule has 0 aliphatic rings. The van der Waals surface area contributed by atoms with Crippen LogP contribution in [-0.4, -0.2) is 20.1 Å². The SMILES string of the molecule is COc1cc(OC)cc(C(=O)Nc2ccc3oc(-c4ccc(Cl)cc4)cc(=O)c3c2)c1. The van der Waals surface area contributed by atoms with E-state index in [0.717, 1.165) is 5.56 Å². The van der Waals surface area contributed by atoms with Gasteiger partial charge in [0.1, 0.15) is 22.8 Å². The molecule has 0 saturated heterocycles. The van der Waals surface area contributed by atoms with Gasteiger partial charge in [0.2, 0.25) is 0 Å². The summed E-state index contributed by atoms with van der Waals surface area (Å²) in [6.45, 7) is 0. The Balaban J connectivity index is 1.64. The molecule has 1 aromatic heterocycles. The third kappa shape index (κ3) is 4.39. The van der Waals surface area contributed by atoms with Gasteiger partial charge < -0.3 is 19.2 Å². The summed E-state index contributed by atoms with van der Waals surface area (Å²) in [6, 6.07) is 18.2. The second kappa shape index (κ2) is 8.53. The monoisotopic (exact) mass is 435 g/mol. The zero-order chi connectivity index (χ0) is 22.0. The second-order valence-electron chi connectivity index (χ2n) is 6.75. The number of halogens is 1. The fourth-order valence-electron chi connectivity index (χ4n) is 3.13. The van der Waals surface area contributed by atoms with Crippen molar-refractivity contribution in [2.75, 3.05) is 19.5 Å². The molecule has 0 spiro atoms. The van der Waals surface area contributed by atoms with Crippen LogP contribution in [0.15, 0.2) is 75.9 Å². The minimum absolute atomic E-state index is 0.217. The van der Waals surface area contributed by atoms with Gasteiger partial charge in [-0.25, -0.2) is 0 Å². The molecule has 0 fully saturated rings. The summed E-state index contributed by atoms with van der Waals surface area (Å²) in [5, 5.41) is 3.75. The quantitative estimate of drug-likeness (QED) is 0.455. The van der Waals surface area contributed by atoms with Crippen LogP contribution in [0.2, 0.25) is 5.02 Å². The van der Waals surface area contributed by atoms with Crippen molar-refractivity contribution in [3.63, 3.8) is 0 Å². The second-order valence-corrected chi connectivity index (χ2v) is 7.18. The van der Waals surface area contributed by atoms with Crippen molar-refractivity contribution in [2.45, 2.75) is 0 Å². The van der Waals surface area contributed by atoms with E-state index in [2.05, 4.69) is 5.32 Å². The average Bonchev–Trinajstić information content (AvgIpc) is 2.79. The van der Waals surface area contributed by atoms with Crippen LogP contribution in [0, 0.1) is 0 Å². The van der Waals surface area contributed by atoms with Crippen molar-refractivity contribution < 1.29 is 18.7 Å². The lowest BCUT2D eigenvalue weighted by molar-refractivity contribution is 0.102. The van der Waals surface area contributed by atoms with E-state index in [1.807, 2.05) is 0 Å². The number of fused-ring (bicyclic) bond motifs is 1. The zero-order valence-electron chi connectivity index (χ0n) is 16.8. The molecule has 1 heterocycles. The maximum atomic E-state index is 12.7. The Bertz CT molecular complexity index is 1310. The van der Waals surface area contributed by atoms with E-state index in [1.54, 1.807) is 60.7 Å². The summed E-state index contributed by atoms with van der Waals surface area (Å²) in [7, 11) is 3.02. The number of amides is 1. The lowest BCUT2D eigenvalue weighted by Gasteiger charge is -2.10. The predicted molar refractivity (Wildman–Crippen MR) is 120 cm³/mol. The number of nitrogens with one attached hydrogen (secondary N) is 1. The van der Waals surface area contributed by atoms with Gasteiger partial charge in [-0.1, -0.05) is 11.6 Å². The number of methoxy groups -OCH3 is 2. The van der Waals surface area contributed by atoms with Gasteiger partial charge >= 0.3 is 0 Å². The van der Waals surface area contributed by atoms with E-state index in [4.69, 9.17) is 25.5 Å². The Labute approximate surface area is 183 Å². The van der Waals surface area contributed by atoms with Crippen LogP contribution < -0.4 is 20.2 Å². The first-order chi connectivity index (χ1) is 15.0. The number of rotatable bonds is 5. The van der Waals surface area contributed by atoms with Crippen LogP contribution in [0.5, 0.6) is 11.5 Å². The van der Waals surface area contributed by atoms with Gasteiger partial charge in [0.15, 0.2) is 5.43 Å². The van der Waals surface area contributed by atoms with E-state index < -0.39 is 0 Å². The normalized spacial score (nSPS) is 10.7. The first-order valence-corrected chi connectivity index (χ1v) is 9.73. The van der Waals surface area contributed by atoms with Crippen molar-refractivity contribution >= 4 is 34.2 Å². The van der Waals surface area contributed by atoms with Crippen molar-refractivity contribution in [1.29, 1.82) is 0 Å². The fraction of sp³-hybridized carbons (Fsp3) is 0.0833. The Kier molecular flexibility index (Phi) is 5.64. The van der Waals surface area contributed by atoms with Crippen molar-refractivity contribution in [2.24, 2.45) is 0 Å². The third-order valence-electron chi connectivity index (χ3n) is 4.73. The predicted octanol–water partition coefficient (Wildman–Crippen LogP) is 5.38. The third-order valence-corrected chi connectivity index (χ3v) is 4.98. The number of benzene rings is 3. The highest BCUT2D eigenvalue weighted by atomic mass is 35.5. The average molecular weight is 436 g/mol. The first kappa shape index (κ1) is 20.5. The Hall–Kier alpha value is -3.77. The summed E-state index contributed by atoms with van der Waals surface area (Å²) in [5.41, 5.74) is 1.77. The number of hydrogen-bond donors (Lipinski definition) is 1. The van der Waals surface area contributed by atoms with Crippen LogP contribution in [-0.2, 0) is 0 Å². The van der Waals surface area contributed by atoms with Crippen molar-refractivity contribution in [1.82, 2.24) is 0 Å². The van der Waals surface area contributed by atoms with Gasteiger partial charge in [0.25, 0.3) is 5.91 Å². The molecule has 0 aliphatic carbocycles. The van der Waals surface area contributed by atoms with Gasteiger partial charge in [-0.15, -0.1) is 0 Å².